The molecule has 0 amide bonds. The number of ether oxygens (including phenoxy) is 1. The molecule has 6 nitrogen and oxygen atoms in total. The molecule has 6 rings (SSSR count). The third kappa shape index (κ3) is 2.93. The lowest BCUT2D eigenvalue weighted by atomic mass is 10.0. The highest BCUT2D eigenvalue weighted by molar-refractivity contribution is 6.34. The Hall–Kier alpha value is -3.84. The normalized spacial score (nSPS) is 20.8. The standard InChI is InChI=1S/C25H17ClN5O/c26-20-13-17-9-10-23(32-18-7-2-1-3-8-18)29-21(17)14-19(20)25-30-24(16-5-4-6-16)22-15-28-11-12-31(22,25)27/h1-15H,27H2/q+1. The van der Waals surface area contributed by atoms with Crippen LogP contribution in [0, 0.1) is 0 Å². The van der Waals surface area contributed by atoms with Gasteiger partial charge in [-0.3, -0.25) is 4.99 Å². The van der Waals surface area contributed by atoms with E-state index in [2.05, 4.69) is 9.98 Å². The van der Waals surface area contributed by atoms with Gasteiger partial charge in [-0.15, -0.1) is 4.59 Å². The first-order chi connectivity index (χ1) is 15.6. The van der Waals surface area contributed by atoms with E-state index >= 15 is 0 Å². The van der Waals surface area contributed by atoms with Crippen LogP contribution in [0.15, 0.2) is 112 Å². The number of nitrogens with zero attached hydrogens (tertiary/aromatic N) is 4. The van der Waals surface area contributed by atoms with E-state index < -0.39 is 0 Å². The smallest absolute Gasteiger partial charge is 0.266 e. The van der Waals surface area contributed by atoms with Crippen molar-refractivity contribution >= 4 is 34.6 Å². The van der Waals surface area contributed by atoms with E-state index in [1.807, 2.05) is 72.8 Å². The number of benzene rings is 2. The Morgan fingerprint density at radius 3 is 2.66 bits per heavy atom. The number of para-hydroxylation sites is 1. The van der Waals surface area contributed by atoms with Gasteiger partial charge in [0.25, 0.3) is 5.84 Å². The first-order valence-electron chi connectivity index (χ1n) is 10.1. The Balaban J connectivity index is 1.45. The van der Waals surface area contributed by atoms with Gasteiger partial charge in [-0.05, 0) is 30.3 Å². The molecule has 1 atom stereocenters. The Labute approximate surface area is 189 Å². The molecule has 3 aliphatic rings. The van der Waals surface area contributed by atoms with Crippen LogP contribution in [0.3, 0.4) is 0 Å². The first-order valence-corrected chi connectivity index (χ1v) is 10.4. The van der Waals surface area contributed by atoms with E-state index in [1.54, 1.807) is 18.6 Å². The molecule has 1 aromatic heterocycles. The van der Waals surface area contributed by atoms with E-state index in [0.29, 0.717) is 22.3 Å². The van der Waals surface area contributed by atoms with Crippen LogP contribution in [0.4, 0.5) is 0 Å². The fourth-order valence-corrected chi connectivity index (χ4v) is 4.14. The van der Waals surface area contributed by atoms with Crippen LogP contribution >= 0.6 is 11.6 Å². The average molecular weight is 439 g/mol. The maximum atomic E-state index is 6.81. The molecule has 2 aliphatic heterocycles. The van der Waals surface area contributed by atoms with Crippen LogP contribution in [-0.2, 0) is 0 Å². The van der Waals surface area contributed by atoms with Crippen LogP contribution in [0.5, 0.6) is 11.6 Å². The molecule has 3 heterocycles. The van der Waals surface area contributed by atoms with Gasteiger partial charge in [0, 0.05) is 17.0 Å². The Bertz CT molecular complexity index is 1470. The van der Waals surface area contributed by atoms with Crippen molar-refractivity contribution < 1.29 is 9.33 Å². The van der Waals surface area contributed by atoms with Crippen LogP contribution < -0.4 is 10.6 Å². The molecule has 7 heteroatoms. The SMILES string of the molecule is N[N+]12C=CN=CC1=C(C1=CC=C1)N=C2c1cc2nc(Oc3ccccc3)ccc2cc1Cl. The third-order valence-corrected chi connectivity index (χ3v) is 5.89. The number of halogens is 1. The second-order valence-corrected chi connectivity index (χ2v) is 8.00. The van der Waals surface area contributed by atoms with Crippen molar-refractivity contribution in [2.75, 3.05) is 0 Å². The summed E-state index contributed by atoms with van der Waals surface area (Å²) < 4.78 is 5.80. The zero-order valence-electron chi connectivity index (χ0n) is 16.8. The molecule has 0 bridgehead atoms. The van der Waals surface area contributed by atoms with Crippen molar-refractivity contribution in [2.45, 2.75) is 0 Å². The number of aromatic nitrogens is 1. The van der Waals surface area contributed by atoms with Gasteiger partial charge in [0.2, 0.25) is 11.6 Å². The predicted molar refractivity (Wildman–Crippen MR) is 126 cm³/mol. The molecule has 154 valence electrons. The maximum Gasteiger partial charge on any atom is 0.266 e. The molecule has 1 aliphatic carbocycles. The minimum atomic E-state index is -0.102. The van der Waals surface area contributed by atoms with Crippen molar-refractivity contribution in [1.29, 1.82) is 0 Å². The lowest BCUT2D eigenvalue weighted by Crippen LogP contribution is -2.53. The predicted octanol–water partition coefficient (Wildman–Crippen LogP) is 5.39. The molecule has 2 aromatic carbocycles. The number of amidine groups is 1. The van der Waals surface area contributed by atoms with Crippen LogP contribution in [-0.4, -0.2) is 21.6 Å². The molecule has 0 saturated carbocycles. The third-order valence-electron chi connectivity index (χ3n) is 5.58. The number of aliphatic imine (C=N–C) groups is 2. The van der Waals surface area contributed by atoms with E-state index in [1.165, 1.54) is 0 Å². The lowest BCUT2D eigenvalue weighted by Gasteiger charge is -2.26. The zero-order valence-corrected chi connectivity index (χ0v) is 17.6. The number of hydrogen-bond acceptors (Lipinski definition) is 5. The molecular formula is C25H17ClN5O+. The second-order valence-electron chi connectivity index (χ2n) is 7.59. The van der Waals surface area contributed by atoms with Crippen molar-refractivity contribution in [2.24, 2.45) is 15.8 Å². The van der Waals surface area contributed by atoms with E-state index in [-0.39, 0.29) is 4.59 Å². The second kappa shape index (κ2) is 7.10. The highest BCUT2D eigenvalue weighted by Gasteiger charge is 2.45. The maximum absolute atomic E-state index is 6.81. The summed E-state index contributed by atoms with van der Waals surface area (Å²) in [5.41, 5.74) is 4.05. The summed E-state index contributed by atoms with van der Waals surface area (Å²) in [6, 6.07) is 17.1. The monoisotopic (exact) mass is 438 g/mol. The fraction of sp³-hybridized carbons (Fsp3) is 0. The van der Waals surface area contributed by atoms with Crippen LogP contribution in [0.25, 0.3) is 10.9 Å². The summed E-state index contributed by atoms with van der Waals surface area (Å²) in [6.45, 7) is 0. The quantitative estimate of drug-likeness (QED) is 0.438. The van der Waals surface area contributed by atoms with Gasteiger partial charge in [0.1, 0.15) is 17.6 Å². The molecule has 0 fully saturated rings. The van der Waals surface area contributed by atoms with Crippen LogP contribution in [0.2, 0.25) is 5.02 Å². The van der Waals surface area contributed by atoms with E-state index in [0.717, 1.165) is 33.6 Å². The summed E-state index contributed by atoms with van der Waals surface area (Å²) in [7, 11) is 0. The van der Waals surface area contributed by atoms with E-state index in [9.17, 15) is 0 Å². The van der Waals surface area contributed by atoms with Crippen LogP contribution in [0.1, 0.15) is 5.56 Å². The van der Waals surface area contributed by atoms with Gasteiger partial charge in [0.15, 0.2) is 0 Å². The topological polar surface area (TPSA) is 72.9 Å². The van der Waals surface area contributed by atoms with Gasteiger partial charge >= 0.3 is 0 Å². The van der Waals surface area contributed by atoms with Crippen molar-refractivity contribution in [3.63, 3.8) is 0 Å². The average Bonchev–Trinajstić information content (AvgIpc) is 3.05. The molecule has 3 aromatic rings. The summed E-state index contributed by atoms with van der Waals surface area (Å²) in [5, 5.41) is 1.45. The Morgan fingerprint density at radius 2 is 1.88 bits per heavy atom. The molecule has 32 heavy (non-hydrogen) atoms. The van der Waals surface area contributed by atoms with Gasteiger partial charge in [-0.2, -0.15) is 10.8 Å². The van der Waals surface area contributed by atoms with Gasteiger partial charge in [-0.25, -0.2) is 4.98 Å². The number of allylic oxidation sites excluding steroid dienone is 4. The molecule has 2 N–H and O–H groups in total. The summed E-state index contributed by atoms with van der Waals surface area (Å²) >= 11 is 6.71. The van der Waals surface area contributed by atoms with Crippen molar-refractivity contribution in [3.05, 3.63) is 113 Å². The fourth-order valence-electron chi connectivity index (χ4n) is 3.88. The highest BCUT2D eigenvalue weighted by Crippen LogP contribution is 2.38. The van der Waals surface area contributed by atoms with Gasteiger partial charge in [0.05, 0.1) is 28.5 Å². The summed E-state index contributed by atoms with van der Waals surface area (Å²) in [4.78, 5) is 13.8. The largest absolute Gasteiger partial charge is 0.439 e. The number of rotatable bonds is 4. The number of nitrogens with two attached hydrogens (primary N) is 1. The minimum Gasteiger partial charge on any atom is -0.439 e. The van der Waals surface area contributed by atoms with Gasteiger partial charge < -0.3 is 4.74 Å². The molecule has 1 unspecified atom stereocenters. The number of quaternary nitrogens is 1. The zero-order chi connectivity index (χ0) is 21.7. The highest BCUT2D eigenvalue weighted by atomic mass is 35.5. The minimum absolute atomic E-state index is 0.102. The van der Waals surface area contributed by atoms with Crippen molar-refractivity contribution in [3.8, 4) is 11.6 Å². The molecule has 0 spiro atoms. The van der Waals surface area contributed by atoms with Gasteiger partial charge in [-0.1, -0.05) is 48.0 Å². The number of fused-ring (bicyclic) bond motifs is 2. The summed E-state index contributed by atoms with van der Waals surface area (Å²) in [5.74, 6) is 8.64. The molecule has 0 saturated heterocycles. The lowest BCUT2D eigenvalue weighted by molar-refractivity contribution is -0.750. The molecular weight excluding hydrogens is 422 g/mol. The number of hydrogen-bond donors (Lipinski definition) is 1. The molecule has 0 radical (unpaired) electrons. The Morgan fingerprint density at radius 1 is 1.03 bits per heavy atom. The number of pyridine rings is 1. The Kier molecular flexibility index (Phi) is 4.19. The summed E-state index contributed by atoms with van der Waals surface area (Å²) in [6.07, 6.45) is 11.2. The van der Waals surface area contributed by atoms with E-state index in [4.69, 9.17) is 27.2 Å². The first kappa shape index (κ1) is 18.9. The van der Waals surface area contributed by atoms with Crippen molar-refractivity contribution in [1.82, 2.24) is 4.98 Å².